The van der Waals surface area contributed by atoms with Gasteiger partial charge in [-0.3, -0.25) is 4.99 Å². The Labute approximate surface area is 115 Å². The molecule has 0 radical (unpaired) electrons. The van der Waals surface area contributed by atoms with Gasteiger partial charge in [-0.1, -0.05) is 42.1 Å². The Morgan fingerprint density at radius 2 is 1.89 bits per heavy atom. The molecular formula is C11H15N2O4PS. The minimum atomic E-state index is -4.64. The summed E-state index contributed by atoms with van der Waals surface area (Å²) in [5.74, 6) is 1.21. The number of aliphatic imine (C=N–C) groups is 1. The van der Waals surface area contributed by atoms with Crippen LogP contribution in [0.5, 0.6) is 0 Å². The fourth-order valence-corrected chi connectivity index (χ4v) is 3.00. The van der Waals surface area contributed by atoms with Gasteiger partial charge in [-0.05, 0) is 5.56 Å². The molecule has 19 heavy (non-hydrogen) atoms. The third kappa shape index (κ3) is 4.63. The van der Waals surface area contributed by atoms with Crippen LogP contribution < -0.4 is 0 Å². The monoisotopic (exact) mass is 302 g/mol. The van der Waals surface area contributed by atoms with Gasteiger partial charge in [0.1, 0.15) is 0 Å². The molecule has 0 saturated carbocycles. The summed E-state index contributed by atoms with van der Waals surface area (Å²) in [6.45, 7) is 2.25. The van der Waals surface area contributed by atoms with E-state index in [1.165, 1.54) is 23.0 Å². The Hall–Kier alpha value is -0.850. The maximum absolute atomic E-state index is 8.88. The van der Waals surface area contributed by atoms with Crippen molar-refractivity contribution in [1.29, 1.82) is 0 Å². The number of thioether (sulfide) groups is 1. The quantitative estimate of drug-likeness (QED) is 0.675. The third-order valence-corrected chi connectivity index (χ3v) is 3.72. The summed E-state index contributed by atoms with van der Waals surface area (Å²) in [5.41, 5.74) is 1.34. The first-order chi connectivity index (χ1) is 8.93. The van der Waals surface area contributed by atoms with Crippen LogP contribution in [0, 0.1) is 0 Å². The lowest BCUT2D eigenvalue weighted by atomic mass is 10.1. The van der Waals surface area contributed by atoms with Crippen molar-refractivity contribution in [3.05, 3.63) is 35.9 Å². The predicted octanol–water partition coefficient (Wildman–Crippen LogP) is 1.22. The van der Waals surface area contributed by atoms with Crippen molar-refractivity contribution in [1.82, 2.24) is 4.90 Å². The molecule has 1 atom stereocenters. The van der Waals surface area contributed by atoms with Gasteiger partial charge in [-0.25, -0.2) is 4.57 Å². The van der Waals surface area contributed by atoms with Gasteiger partial charge in [-0.15, -0.1) is 0 Å². The van der Waals surface area contributed by atoms with Gasteiger partial charge >= 0.3 is 7.82 Å². The normalized spacial score (nSPS) is 21.5. The SMILES string of the molecule is O=P(O)(O)O.c1ccc([C@H]2CN3CCSC3=N2)cc1. The molecule has 3 N–H and O–H groups in total. The van der Waals surface area contributed by atoms with Gasteiger partial charge in [0.2, 0.25) is 0 Å². The zero-order valence-electron chi connectivity index (χ0n) is 10.1. The summed E-state index contributed by atoms with van der Waals surface area (Å²) in [6.07, 6.45) is 0. The maximum Gasteiger partial charge on any atom is 0.466 e. The zero-order chi connectivity index (χ0) is 13.9. The van der Waals surface area contributed by atoms with E-state index >= 15 is 0 Å². The molecule has 2 aliphatic rings. The standard InChI is InChI=1S/C11H12N2S.H3O4P/c1-2-4-9(5-3-1)10-8-13-6-7-14-11(13)12-10;1-5(2,3)4/h1-5,10H,6-8H2;(H3,1,2,3,4)/t10-;/m1./s1. The van der Waals surface area contributed by atoms with Crippen molar-refractivity contribution in [3.63, 3.8) is 0 Å². The fraction of sp³-hybridized carbons (Fsp3) is 0.364. The van der Waals surface area contributed by atoms with Crippen LogP contribution in [0.1, 0.15) is 11.6 Å². The second kappa shape index (κ2) is 6.07. The molecule has 2 heterocycles. The molecule has 6 nitrogen and oxygen atoms in total. The Morgan fingerprint density at radius 1 is 1.26 bits per heavy atom. The summed E-state index contributed by atoms with van der Waals surface area (Å²) < 4.78 is 8.88. The van der Waals surface area contributed by atoms with E-state index in [9.17, 15) is 0 Å². The largest absolute Gasteiger partial charge is 0.466 e. The van der Waals surface area contributed by atoms with E-state index in [4.69, 9.17) is 24.2 Å². The third-order valence-electron chi connectivity index (χ3n) is 2.71. The van der Waals surface area contributed by atoms with Crippen molar-refractivity contribution < 1.29 is 19.2 Å². The van der Waals surface area contributed by atoms with Crippen LogP contribution in [-0.2, 0) is 4.57 Å². The highest BCUT2D eigenvalue weighted by Crippen LogP contribution is 2.31. The van der Waals surface area contributed by atoms with Crippen LogP contribution in [-0.4, -0.2) is 43.6 Å². The molecule has 3 rings (SSSR count). The summed E-state index contributed by atoms with van der Waals surface area (Å²) in [4.78, 5) is 28.7. The van der Waals surface area contributed by atoms with Crippen LogP contribution in [0.25, 0.3) is 0 Å². The molecule has 1 aromatic rings. The average Bonchev–Trinajstić information content (AvgIpc) is 2.87. The first-order valence-electron chi connectivity index (χ1n) is 5.72. The topological polar surface area (TPSA) is 93.4 Å². The summed E-state index contributed by atoms with van der Waals surface area (Å²) in [7, 11) is -4.64. The Kier molecular flexibility index (Phi) is 4.65. The molecule has 104 valence electrons. The van der Waals surface area contributed by atoms with Gasteiger partial charge in [0.15, 0.2) is 5.17 Å². The van der Waals surface area contributed by atoms with Crippen molar-refractivity contribution in [2.45, 2.75) is 6.04 Å². The van der Waals surface area contributed by atoms with E-state index in [0.29, 0.717) is 6.04 Å². The molecule has 1 saturated heterocycles. The molecule has 0 bridgehead atoms. The lowest BCUT2D eigenvalue weighted by Gasteiger charge is -2.12. The Morgan fingerprint density at radius 3 is 2.47 bits per heavy atom. The number of phosphoric acid groups is 1. The van der Waals surface area contributed by atoms with Crippen LogP contribution in [0.2, 0.25) is 0 Å². The number of amidine groups is 1. The number of nitrogens with zero attached hydrogens (tertiary/aromatic N) is 2. The van der Waals surface area contributed by atoms with E-state index in [1.807, 2.05) is 11.8 Å². The van der Waals surface area contributed by atoms with Crippen molar-refractivity contribution in [2.75, 3.05) is 18.8 Å². The van der Waals surface area contributed by atoms with Crippen LogP contribution in [0.15, 0.2) is 35.3 Å². The van der Waals surface area contributed by atoms with E-state index in [2.05, 4.69) is 35.2 Å². The lowest BCUT2D eigenvalue weighted by molar-refractivity contribution is 0.275. The van der Waals surface area contributed by atoms with Gasteiger partial charge in [0.25, 0.3) is 0 Å². The summed E-state index contributed by atoms with van der Waals surface area (Å²) >= 11 is 1.89. The first-order valence-corrected chi connectivity index (χ1v) is 8.27. The molecular weight excluding hydrogens is 287 g/mol. The van der Waals surface area contributed by atoms with Crippen molar-refractivity contribution in [3.8, 4) is 0 Å². The summed E-state index contributed by atoms with van der Waals surface area (Å²) in [5, 5.41) is 1.25. The summed E-state index contributed by atoms with van der Waals surface area (Å²) in [6, 6.07) is 10.9. The highest BCUT2D eigenvalue weighted by atomic mass is 32.2. The van der Waals surface area contributed by atoms with E-state index < -0.39 is 7.82 Å². The molecule has 1 fully saturated rings. The van der Waals surface area contributed by atoms with Crippen LogP contribution in [0.3, 0.4) is 0 Å². The minimum absolute atomic E-state index is 0.374. The van der Waals surface area contributed by atoms with Crippen molar-refractivity contribution in [2.24, 2.45) is 4.99 Å². The number of hydrogen-bond acceptors (Lipinski definition) is 4. The first kappa shape index (κ1) is 14.6. The van der Waals surface area contributed by atoms with Crippen molar-refractivity contribution >= 4 is 24.8 Å². The Bertz CT molecular complexity index is 496. The molecule has 0 aromatic heterocycles. The molecule has 0 amide bonds. The average molecular weight is 302 g/mol. The van der Waals surface area contributed by atoms with E-state index in [1.54, 1.807) is 0 Å². The number of fused-ring (bicyclic) bond motifs is 1. The number of hydrogen-bond donors (Lipinski definition) is 3. The second-order valence-corrected chi connectivity index (χ2v) is 6.23. The van der Waals surface area contributed by atoms with Gasteiger partial charge in [-0.2, -0.15) is 0 Å². The Balaban J connectivity index is 0.000000232. The molecule has 8 heteroatoms. The number of rotatable bonds is 1. The van der Waals surface area contributed by atoms with Gasteiger partial charge in [0, 0.05) is 18.8 Å². The van der Waals surface area contributed by atoms with Crippen LogP contribution in [0.4, 0.5) is 0 Å². The smallest absolute Gasteiger partial charge is 0.348 e. The molecule has 2 aliphatic heterocycles. The maximum atomic E-state index is 8.88. The van der Waals surface area contributed by atoms with E-state index in [-0.39, 0.29) is 0 Å². The second-order valence-electron chi connectivity index (χ2n) is 4.15. The predicted molar refractivity (Wildman–Crippen MR) is 74.9 cm³/mol. The van der Waals surface area contributed by atoms with Gasteiger partial charge in [0.05, 0.1) is 6.04 Å². The van der Waals surface area contributed by atoms with Gasteiger partial charge < -0.3 is 19.6 Å². The zero-order valence-corrected chi connectivity index (χ0v) is 11.8. The molecule has 0 aliphatic carbocycles. The lowest BCUT2D eigenvalue weighted by Crippen LogP contribution is -2.21. The van der Waals surface area contributed by atoms with Crippen LogP contribution >= 0.6 is 19.6 Å². The minimum Gasteiger partial charge on any atom is -0.348 e. The highest BCUT2D eigenvalue weighted by molar-refractivity contribution is 8.14. The number of benzene rings is 1. The highest BCUT2D eigenvalue weighted by Gasteiger charge is 2.29. The van der Waals surface area contributed by atoms with E-state index in [0.717, 1.165) is 6.54 Å². The molecule has 0 spiro atoms. The molecule has 1 aromatic carbocycles. The fourth-order valence-electron chi connectivity index (χ4n) is 1.96. The molecule has 0 unspecified atom stereocenters.